The summed E-state index contributed by atoms with van der Waals surface area (Å²) in [4.78, 5) is 26.1. The predicted molar refractivity (Wildman–Crippen MR) is 110 cm³/mol. The highest BCUT2D eigenvalue weighted by Gasteiger charge is 2.34. The molecule has 2 amide bonds. The van der Waals surface area contributed by atoms with Gasteiger partial charge in [0.1, 0.15) is 12.4 Å². The highest BCUT2D eigenvalue weighted by atomic mass is 35.5. The topological polar surface area (TPSA) is 46.6 Å². The Morgan fingerprint density at radius 2 is 1.89 bits per heavy atom. The zero-order valence-electron chi connectivity index (χ0n) is 14.6. The summed E-state index contributed by atoms with van der Waals surface area (Å²) in [5.41, 5.74) is 1.57. The molecule has 1 fully saturated rings. The van der Waals surface area contributed by atoms with Crippen LogP contribution in [0, 0.1) is 0 Å². The van der Waals surface area contributed by atoms with Crippen molar-refractivity contribution in [3.05, 3.63) is 68.5 Å². The predicted octanol–water partition coefficient (Wildman–Crippen LogP) is 6.02. The molecule has 27 heavy (non-hydrogen) atoms. The number of hydrogen-bond donors (Lipinski definition) is 0. The zero-order valence-corrected chi connectivity index (χ0v) is 16.9. The van der Waals surface area contributed by atoms with E-state index in [-0.39, 0.29) is 11.1 Å². The molecule has 3 rings (SSSR count). The maximum Gasteiger partial charge on any atom is 0.293 e. The average Bonchev–Trinajstić information content (AvgIpc) is 2.89. The van der Waals surface area contributed by atoms with E-state index in [0.717, 1.165) is 23.7 Å². The molecule has 0 aromatic heterocycles. The minimum Gasteiger partial charge on any atom is -0.488 e. The summed E-state index contributed by atoms with van der Waals surface area (Å²) >= 11 is 13.0. The Morgan fingerprint density at radius 1 is 1.11 bits per heavy atom. The Balaban J connectivity index is 1.84. The Labute approximate surface area is 172 Å². The first-order valence-electron chi connectivity index (χ1n) is 8.40. The van der Waals surface area contributed by atoms with Gasteiger partial charge in [-0.25, -0.2) is 0 Å². The largest absolute Gasteiger partial charge is 0.488 e. The molecule has 140 valence electrons. The lowest BCUT2D eigenvalue weighted by Crippen LogP contribution is -2.28. The summed E-state index contributed by atoms with van der Waals surface area (Å²) < 4.78 is 5.90. The van der Waals surface area contributed by atoms with E-state index < -0.39 is 0 Å². The molecule has 0 radical (unpaired) electrons. The number of nitrogens with zero attached hydrogens (tertiary/aromatic N) is 1. The van der Waals surface area contributed by atoms with Crippen LogP contribution in [0.25, 0.3) is 6.08 Å². The first-order valence-corrected chi connectivity index (χ1v) is 9.97. The van der Waals surface area contributed by atoms with Crippen LogP contribution in [-0.2, 0) is 11.4 Å². The van der Waals surface area contributed by atoms with E-state index in [9.17, 15) is 9.59 Å². The van der Waals surface area contributed by atoms with E-state index in [1.165, 1.54) is 4.90 Å². The smallest absolute Gasteiger partial charge is 0.293 e. The fourth-order valence-corrected chi connectivity index (χ4v) is 3.86. The molecule has 4 nitrogen and oxygen atoms in total. The summed E-state index contributed by atoms with van der Waals surface area (Å²) in [5, 5.41) is 0.901. The van der Waals surface area contributed by atoms with E-state index in [1.54, 1.807) is 30.3 Å². The standard InChI is InChI=1S/C20H17Cl2NO3S/c1-2-8-23-19(24)18(27-20(23)25)11-14-10-16(22)6-7-17(14)26-12-13-4-3-5-15(21)9-13/h3-7,9-11H,2,8,12H2,1H3/b18-11+. The number of amides is 2. The molecule has 1 saturated heterocycles. The third-order valence-corrected chi connectivity index (χ3v) is 5.24. The van der Waals surface area contributed by atoms with Crippen molar-refractivity contribution in [1.29, 1.82) is 0 Å². The van der Waals surface area contributed by atoms with Crippen molar-refractivity contribution in [3.63, 3.8) is 0 Å². The summed E-state index contributed by atoms with van der Waals surface area (Å²) in [7, 11) is 0. The van der Waals surface area contributed by atoms with Crippen molar-refractivity contribution in [2.24, 2.45) is 0 Å². The Bertz CT molecular complexity index is 914. The molecule has 0 N–H and O–H groups in total. The molecule has 7 heteroatoms. The van der Waals surface area contributed by atoms with Gasteiger partial charge in [-0.3, -0.25) is 14.5 Å². The number of thioether (sulfide) groups is 1. The highest BCUT2D eigenvalue weighted by molar-refractivity contribution is 8.18. The van der Waals surface area contributed by atoms with Crippen LogP contribution in [-0.4, -0.2) is 22.6 Å². The molecule has 0 aliphatic carbocycles. The van der Waals surface area contributed by atoms with E-state index in [0.29, 0.717) is 39.4 Å². The number of ether oxygens (including phenoxy) is 1. The summed E-state index contributed by atoms with van der Waals surface area (Å²) in [6, 6.07) is 12.6. The molecule has 2 aromatic rings. The number of carbonyl (C=O) groups excluding carboxylic acids is 2. The second kappa shape index (κ2) is 8.83. The maximum atomic E-state index is 12.5. The first-order chi connectivity index (χ1) is 13.0. The quantitative estimate of drug-likeness (QED) is 0.534. The molecule has 1 aliphatic heterocycles. The highest BCUT2D eigenvalue weighted by Crippen LogP contribution is 2.35. The van der Waals surface area contributed by atoms with E-state index >= 15 is 0 Å². The van der Waals surface area contributed by atoms with Gasteiger partial charge in [0, 0.05) is 22.2 Å². The van der Waals surface area contributed by atoms with Gasteiger partial charge in [0.05, 0.1) is 4.91 Å². The number of carbonyl (C=O) groups is 2. The molecule has 2 aromatic carbocycles. The van der Waals surface area contributed by atoms with Gasteiger partial charge in [-0.2, -0.15) is 0 Å². The van der Waals surface area contributed by atoms with Crippen molar-refractivity contribution in [1.82, 2.24) is 4.90 Å². The molecule has 1 aliphatic rings. The lowest BCUT2D eigenvalue weighted by molar-refractivity contribution is -0.122. The third-order valence-electron chi connectivity index (χ3n) is 3.86. The van der Waals surface area contributed by atoms with Crippen LogP contribution >= 0.6 is 35.0 Å². The Morgan fingerprint density at radius 3 is 2.63 bits per heavy atom. The molecule has 0 atom stereocenters. The third kappa shape index (κ3) is 4.86. The van der Waals surface area contributed by atoms with Gasteiger partial charge in [0.2, 0.25) is 0 Å². The summed E-state index contributed by atoms with van der Waals surface area (Å²) in [5.74, 6) is 0.286. The normalized spacial score (nSPS) is 15.7. The molecule has 0 spiro atoms. The monoisotopic (exact) mass is 421 g/mol. The number of hydrogen-bond acceptors (Lipinski definition) is 4. The van der Waals surface area contributed by atoms with Gasteiger partial charge >= 0.3 is 0 Å². The van der Waals surface area contributed by atoms with Gasteiger partial charge in [-0.15, -0.1) is 0 Å². The van der Waals surface area contributed by atoms with Crippen molar-refractivity contribution in [2.45, 2.75) is 20.0 Å². The average molecular weight is 422 g/mol. The van der Waals surface area contributed by atoms with Crippen LogP contribution in [0.5, 0.6) is 5.75 Å². The molecule has 0 bridgehead atoms. The zero-order chi connectivity index (χ0) is 19.4. The molecule has 0 saturated carbocycles. The second-order valence-electron chi connectivity index (χ2n) is 5.93. The minimum absolute atomic E-state index is 0.253. The molecule has 0 unspecified atom stereocenters. The van der Waals surface area contributed by atoms with Crippen LogP contribution in [0.3, 0.4) is 0 Å². The van der Waals surface area contributed by atoms with E-state index in [4.69, 9.17) is 27.9 Å². The molecular weight excluding hydrogens is 405 g/mol. The van der Waals surface area contributed by atoms with Crippen LogP contribution < -0.4 is 4.74 Å². The summed E-state index contributed by atoms with van der Waals surface area (Å²) in [6.07, 6.45) is 2.37. The van der Waals surface area contributed by atoms with Gasteiger partial charge in [-0.05, 0) is 60.2 Å². The van der Waals surface area contributed by atoms with E-state index in [1.807, 2.05) is 25.1 Å². The van der Waals surface area contributed by atoms with Gasteiger partial charge in [-0.1, -0.05) is 42.3 Å². The van der Waals surface area contributed by atoms with Crippen LogP contribution in [0.15, 0.2) is 47.4 Å². The van der Waals surface area contributed by atoms with Gasteiger partial charge in [0.15, 0.2) is 0 Å². The Kier molecular flexibility index (Phi) is 6.47. The first kappa shape index (κ1) is 19.8. The minimum atomic E-state index is -0.285. The second-order valence-corrected chi connectivity index (χ2v) is 7.80. The van der Waals surface area contributed by atoms with Crippen molar-refractivity contribution >= 4 is 52.2 Å². The maximum absolute atomic E-state index is 12.5. The fraction of sp³-hybridized carbons (Fsp3) is 0.200. The number of halogens is 2. The van der Waals surface area contributed by atoms with E-state index in [2.05, 4.69) is 0 Å². The SMILES string of the molecule is CCCN1C(=O)S/C(=C/c2cc(Cl)ccc2OCc2cccc(Cl)c2)C1=O. The molecule has 1 heterocycles. The van der Waals surface area contributed by atoms with Crippen molar-refractivity contribution in [3.8, 4) is 5.75 Å². The number of benzene rings is 2. The number of imide groups is 1. The van der Waals surface area contributed by atoms with Crippen LogP contribution in [0.1, 0.15) is 24.5 Å². The fourth-order valence-electron chi connectivity index (χ4n) is 2.61. The molecular formula is C20H17Cl2NO3S. The lowest BCUT2D eigenvalue weighted by Gasteiger charge is -2.11. The lowest BCUT2D eigenvalue weighted by atomic mass is 10.1. The van der Waals surface area contributed by atoms with Gasteiger partial charge in [0.25, 0.3) is 11.1 Å². The summed E-state index contributed by atoms with van der Waals surface area (Å²) in [6.45, 7) is 2.65. The van der Waals surface area contributed by atoms with Crippen molar-refractivity contribution < 1.29 is 14.3 Å². The van der Waals surface area contributed by atoms with Crippen LogP contribution in [0.4, 0.5) is 4.79 Å². The van der Waals surface area contributed by atoms with Crippen LogP contribution in [0.2, 0.25) is 10.0 Å². The number of rotatable bonds is 6. The van der Waals surface area contributed by atoms with Gasteiger partial charge < -0.3 is 4.74 Å². The van der Waals surface area contributed by atoms with Crippen molar-refractivity contribution in [2.75, 3.05) is 6.54 Å². The Hall–Kier alpha value is -1.95.